The molecule has 0 bridgehead atoms. The van der Waals surface area contributed by atoms with Gasteiger partial charge in [-0.25, -0.2) is 4.98 Å². The Hall–Kier alpha value is -3.62. The number of nitrogens with one attached hydrogen (secondary N) is 2. The molecule has 1 aliphatic carbocycles. The van der Waals surface area contributed by atoms with E-state index in [9.17, 15) is 4.79 Å². The maximum atomic E-state index is 12.4. The predicted molar refractivity (Wildman–Crippen MR) is 156 cm³/mol. The first kappa shape index (κ1) is 25.4. The number of carbonyl (C=O) groups excluding carboxylic acids is 1. The van der Waals surface area contributed by atoms with E-state index in [2.05, 4.69) is 26.2 Å². The minimum absolute atomic E-state index is 0.281. The molecule has 204 valence electrons. The molecule has 1 aliphatic heterocycles. The molecule has 0 radical (unpaired) electrons. The minimum atomic E-state index is -0.366. The topological polar surface area (TPSA) is 99.8 Å². The molecule has 2 N–H and O–H groups in total. The highest BCUT2D eigenvalue weighted by Gasteiger charge is 2.35. The van der Waals surface area contributed by atoms with Crippen LogP contribution < -0.4 is 4.74 Å². The lowest BCUT2D eigenvalue weighted by Crippen LogP contribution is -2.38. The summed E-state index contributed by atoms with van der Waals surface area (Å²) in [6.07, 6.45) is 6.75. The Bertz CT molecular complexity index is 1710. The van der Waals surface area contributed by atoms with Crippen LogP contribution in [0.15, 0.2) is 48.8 Å². The average Bonchev–Trinajstić information content (AvgIpc) is 3.58. The molecule has 10 heteroatoms. The van der Waals surface area contributed by atoms with Gasteiger partial charge in [-0.1, -0.05) is 29.3 Å². The van der Waals surface area contributed by atoms with Gasteiger partial charge in [0.05, 0.1) is 26.6 Å². The normalized spacial score (nSPS) is 17.0. The predicted octanol–water partition coefficient (Wildman–Crippen LogP) is 7.06. The number of piperidine rings is 1. The Balaban J connectivity index is 1.12. The van der Waals surface area contributed by atoms with Crippen LogP contribution in [0.3, 0.4) is 0 Å². The maximum absolute atomic E-state index is 12.4. The van der Waals surface area contributed by atoms with Crippen molar-refractivity contribution in [1.29, 1.82) is 0 Å². The van der Waals surface area contributed by atoms with Crippen molar-refractivity contribution in [1.82, 2.24) is 30.0 Å². The lowest BCUT2D eigenvalue weighted by molar-refractivity contribution is -0.133. The highest BCUT2D eigenvalue weighted by Crippen LogP contribution is 2.37. The van der Waals surface area contributed by atoms with Gasteiger partial charge < -0.3 is 14.6 Å². The van der Waals surface area contributed by atoms with Crippen LogP contribution in [0.1, 0.15) is 56.0 Å². The number of halogens is 2. The third-order valence-electron chi connectivity index (χ3n) is 8.04. The van der Waals surface area contributed by atoms with Gasteiger partial charge in [-0.3, -0.25) is 14.9 Å². The van der Waals surface area contributed by atoms with Crippen LogP contribution in [-0.4, -0.2) is 49.0 Å². The third kappa shape index (κ3) is 4.69. The Kier molecular flexibility index (Phi) is 6.40. The van der Waals surface area contributed by atoms with Crippen molar-refractivity contribution in [3.63, 3.8) is 0 Å². The van der Waals surface area contributed by atoms with Crippen LogP contribution in [0.5, 0.6) is 5.75 Å². The summed E-state index contributed by atoms with van der Waals surface area (Å²) in [6.45, 7) is 3.53. The van der Waals surface area contributed by atoms with E-state index < -0.39 is 0 Å². The zero-order chi connectivity index (χ0) is 27.4. The van der Waals surface area contributed by atoms with Crippen molar-refractivity contribution in [3.8, 4) is 17.0 Å². The van der Waals surface area contributed by atoms with E-state index in [1.54, 1.807) is 12.4 Å². The van der Waals surface area contributed by atoms with Crippen LogP contribution in [0, 0.1) is 5.92 Å². The third-order valence-corrected chi connectivity index (χ3v) is 8.64. The number of pyridine rings is 1. The van der Waals surface area contributed by atoms with Gasteiger partial charge >= 0.3 is 0 Å². The van der Waals surface area contributed by atoms with E-state index in [1.807, 2.05) is 42.2 Å². The largest absolute Gasteiger partial charge is 0.486 e. The number of carbonyl (C=O) groups is 1. The van der Waals surface area contributed by atoms with Crippen LogP contribution >= 0.6 is 23.2 Å². The number of benzene rings is 2. The summed E-state index contributed by atoms with van der Waals surface area (Å²) in [5, 5.41) is 9.63. The van der Waals surface area contributed by atoms with Crippen molar-refractivity contribution >= 4 is 51.0 Å². The van der Waals surface area contributed by atoms with Crippen LogP contribution in [0.2, 0.25) is 10.0 Å². The number of fused-ring (bicyclic) bond motifs is 2. The fourth-order valence-electron chi connectivity index (χ4n) is 5.69. The SMILES string of the molecule is C[C@@H](Oc1ccc2[nH]nc(-c3ccc4nc(C5CCN(C(=O)C6CC6)CC5)[nH]c4c3)c2c1)c1c(Cl)cncc1Cl. The van der Waals surface area contributed by atoms with Crippen molar-refractivity contribution in [2.45, 2.75) is 44.6 Å². The molecule has 7 rings (SSSR count). The summed E-state index contributed by atoms with van der Waals surface area (Å²) in [5.41, 5.74) is 5.32. The maximum Gasteiger partial charge on any atom is 0.225 e. The fraction of sp³-hybridized carbons (Fsp3) is 0.333. The monoisotopic (exact) mass is 574 g/mol. The Morgan fingerprint density at radius 2 is 1.80 bits per heavy atom. The smallest absolute Gasteiger partial charge is 0.225 e. The Labute approximate surface area is 241 Å². The first-order chi connectivity index (χ1) is 19.4. The molecule has 2 aromatic carbocycles. The van der Waals surface area contributed by atoms with Crippen molar-refractivity contribution in [2.24, 2.45) is 5.92 Å². The molecule has 40 heavy (non-hydrogen) atoms. The van der Waals surface area contributed by atoms with Gasteiger partial charge in [0, 0.05) is 53.8 Å². The van der Waals surface area contributed by atoms with Crippen LogP contribution in [0.4, 0.5) is 0 Å². The van der Waals surface area contributed by atoms with E-state index in [0.29, 0.717) is 33.2 Å². The van der Waals surface area contributed by atoms with Gasteiger partial charge in [-0.2, -0.15) is 5.10 Å². The molecule has 8 nitrogen and oxygen atoms in total. The second-order valence-corrected chi connectivity index (χ2v) is 11.6. The zero-order valence-electron chi connectivity index (χ0n) is 22.0. The first-order valence-corrected chi connectivity index (χ1v) is 14.4. The van der Waals surface area contributed by atoms with Crippen molar-refractivity contribution in [3.05, 3.63) is 70.2 Å². The molecule has 5 aromatic rings. The number of hydrogen-bond acceptors (Lipinski definition) is 5. The molecular formula is C30H28Cl2N6O2. The lowest BCUT2D eigenvalue weighted by Gasteiger charge is -2.31. The van der Waals surface area contributed by atoms with Crippen LogP contribution in [0.25, 0.3) is 33.2 Å². The second kappa shape index (κ2) is 10.1. The zero-order valence-corrected chi connectivity index (χ0v) is 23.5. The van der Waals surface area contributed by atoms with E-state index in [1.165, 1.54) is 0 Å². The highest BCUT2D eigenvalue weighted by atomic mass is 35.5. The Morgan fingerprint density at radius 3 is 2.55 bits per heavy atom. The molecular weight excluding hydrogens is 547 g/mol. The standard InChI is InChI=1S/C30H28Cl2N6O2/c1-16(27-22(31)14-33-15-23(27)32)40-20-5-7-24-21(13-20)28(37-36-24)19-4-6-25-26(12-19)35-29(34-25)17-8-10-38(11-9-17)30(39)18-2-3-18/h4-7,12-18H,2-3,8-11H2,1H3,(H,34,35)(H,36,37)/t16-/m1/s1. The van der Waals surface area contributed by atoms with Crippen molar-refractivity contribution < 1.29 is 9.53 Å². The number of aromatic nitrogens is 5. The quantitative estimate of drug-likeness (QED) is 0.226. The number of likely N-dealkylation sites (tertiary alicyclic amines) is 1. The summed E-state index contributed by atoms with van der Waals surface area (Å²) >= 11 is 12.7. The number of imidazole rings is 1. The number of rotatable bonds is 6. The van der Waals surface area contributed by atoms with Gasteiger partial charge in [0.2, 0.25) is 5.91 Å². The van der Waals surface area contributed by atoms with Crippen molar-refractivity contribution in [2.75, 3.05) is 13.1 Å². The van der Waals surface area contributed by atoms with Gasteiger partial charge in [-0.15, -0.1) is 0 Å². The molecule has 4 heterocycles. The summed E-state index contributed by atoms with van der Waals surface area (Å²) in [6, 6.07) is 12.0. The molecule has 1 saturated heterocycles. The molecule has 1 amide bonds. The van der Waals surface area contributed by atoms with Gasteiger partial charge in [0.1, 0.15) is 23.4 Å². The van der Waals surface area contributed by atoms with Gasteiger partial charge in [0.15, 0.2) is 0 Å². The van der Waals surface area contributed by atoms with E-state index in [0.717, 1.165) is 77.8 Å². The second-order valence-electron chi connectivity index (χ2n) is 10.8. The number of nitrogens with zero attached hydrogens (tertiary/aromatic N) is 4. The molecule has 1 atom stereocenters. The molecule has 0 unspecified atom stereocenters. The van der Waals surface area contributed by atoms with E-state index in [4.69, 9.17) is 32.9 Å². The Morgan fingerprint density at radius 1 is 1.02 bits per heavy atom. The number of ether oxygens (including phenoxy) is 1. The first-order valence-electron chi connectivity index (χ1n) is 13.7. The summed E-state index contributed by atoms with van der Waals surface area (Å²) in [4.78, 5) is 26.9. The lowest BCUT2D eigenvalue weighted by atomic mass is 9.96. The minimum Gasteiger partial charge on any atom is -0.486 e. The van der Waals surface area contributed by atoms with Gasteiger partial charge in [-0.05, 0) is 62.9 Å². The average molecular weight is 576 g/mol. The molecule has 3 aromatic heterocycles. The fourth-order valence-corrected chi connectivity index (χ4v) is 6.36. The van der Waals surface area contributed by atoms with E-state index in [-0.39, 0.29) is 12.0 Å². The summed E-state index contributed by atoms with van der Waals surface area (Å²) in [5.74, 6) is 2.63. The highest BCUT2D eigenvalue weighted by molar-refractivity contribution is 6.35. The number of aromatic amines is 2. The molecule has 2 fully saturated rings. The molecule has 0 spiro atoms. The summed E-state index contributed by atoms with van der Waals surface area (Å²) in [7, 11) is 0. The molecule has 2 aliphatic rings. The van der Waals surface area contributed by atoms with Gasteiger partial charge in [0.25, 0.3) is 0 Å². The molecule has 1 saturated carbocycles. The number of H-pyrrole nitrogens is 2. The van der Waals surface area contributed by atoms with E-state index >= 15 is 0 Å². The number of hydrogen-bond donors (Lipinski definition) is 2. The van der Waals surface area contributed by atoms with Crippen LogP contribution in [-0.2, 0) is 4.79 Å². The summed E-state index contributed by atoms with van der Waals surface area (Å²) < 4.78 is 6.23. The number of amides is 1.